The molecule has 0 aromatic heterocycles. The van der Waals surface area contributed by atoms with Crippen LogP contribution in [0.25, 0.3) is 0 Å². The summed E-state index contributed by atoms with van der Waals surface area (Å²) in [4.78, 5) is 27.8. The molecule has 0 saturated carbocycles. The average molecular weight is 283 g/mol. The number of carbonyl (C=O) groups excluding carboxylic acids is 2. The molecule has 0 radical (unpaired) electrons. The van der Waals surface area contributed by atoms with Crippen molar-refractivity contribution in [1.82, 2.24) is 15.1 Å². The van der Waals surface area contributed by atoms with E-state index in [0.717, 1.165) is 32.5 Å². The van der Waals surface area contributed by atoms with Crippen molar-refractivity contribution in [3.63, 3.8) is 0 Å². The van der Waals surface area contributed by atoms with E-state index in [1.807, 2.05) is 4.90 Å². The molecule has 114 valence electrons. The van der Waals surface area contributed by atoms with E-state index in [9.17, 15) is 9.59 Å². The van der Waals surface area contributed by atoms with Gasteiger partial charge in [-0.05, 0) is 19.8 Å². The van der Waals surface area contributed by atoms with Gasteiger partial charge in [-0.3, -0.25) is 14.5 Å². The predicted octanol–water partition coefficient (Wildman–Crippen LogP) is -0.308. The van der Waals surface area contributed by atoms with Gasteiger partial charge in [0.15, 0.2) is 0 Å². The number of amides is 1. The minimum atomic E-state index is -0.145. The second kappa shape index (κ2) is 7.04. The SMILES string of the molecule is COC(=O)C1CCN(C(=O)CN2CCNC(C)C2)CC1. The van der Waals surface area contributed by atoms with E-state index in [4.69, 9.17) is 4.74 Å². The fourth-order valence-corrected chi connectivity index (χ4v) is 2.98. The van der Waals surface area contributed by atoms with E-state index >= 15 is 0 Å². The van der Waals surface area contributed by atoms with Crippen molar-refractivity contribution in [3.05, 3.63) is 0 Å². The number of hydrogen-bond donors (Lipinski definition) is 1. The Labute approximate surface area is 120 Å². The van der Waals surface area contributed by atoms with Gasteiger partial charge in [-0.2, -0.15) is 0 Å². The molecule has 0 aliphatic carbocycles. The third-order valence-corrected chi connectivity index (χ3v) is 4.19. The summed E-state index contributed by atoms with van der Waals surface area (Å²) in [6, 6.07) is 0.446. The monoisotopic (exact) mass is 283 g/mol. The molecule has 2 aliphatic rings. The van der Waals surface area contributed by atoms with Crippen LogP contribution in [0.2, 0.25) is 0 Å². The van der Waals surface area contributed by atoms with Crippen molar-refractivity contribution in [2.45, 2.75) is 25.8 Å². The molecule has 1 atom stereocenters. The Morgan fingerprint density at radius 2 is 1.95 bits per heavy atom. The zero-order chi connectivity index (χ0) is 14.5. The Balaban J connectivity index is 1.75. The molecule has 0 aromatic carbocycles. The maximum atomic E-state index is 12.3. The minimum absolute atomic E-state index is 0.0386. The normalized spacial score (nSPS) is 25.5. The maximum Gasteiger partial charge on any atom is 0.308 e. The highest BCUT2D eigenvalue weighted by molar-refractivity contribution is 5.79. The average Bonchev–Trinajstić information content (AvgIpc) is 2.46. The lowest BCUT2D eigenvalue weighted by atomic mass is 9.97. The third kappa shape index (κ3) is 3.93. The van der Waals surface area contributed by atoms with Crippen LogP contribution in [0.1, 0.15) is 19.8 Å². The highest BCUT2D eigenvalue weighted by Gasteiger charge is 2.29. The Bertz CT molecular complexity index is 354. The molecular formula is C14H25N3O3. The van der Waals surface area contributed by atoms with Crippen molar-refractivity contribution in [2.75, 3.05) is 46.4 Å². The molecule has 0 bridgehead atoms. The van der Waals surface area contributed by atoms with Crippen molar-refractivity contribution >= 4 is 11.9 Å². The van der Waals surface area contributed by atoms with E-state index in [1.165, 1.54) is 7.11 Å². The fourth-order valence-electron chi connectivity index (χ4n) is 2.98. The van der Waals surface area contributed by atoms with Gasteiger partial charge >= 0.3 is 5.97 Å². The molecule has 2 aliphatic heterocycles. The minimum Gasteiger partial charge on any atom is -0.469 e. The molecule has 0 spiro atoms. The first-order valence-corrected chi connectivity index (χ1v) is 7.41. The molecule has 2 heterocycles. The lowest BCUT2D eigenvalue weighted by molar-refractivity contribution is -0.149. The van der Waals surface area contributed by atoms with Crippen LogP contribution < -0.4 is 5.32 Å². The van der Waals surface area contributed by atoms with Crippen LogP contribution >= 0.6 is 0 Å². The number of esters is 1. The Morgan fingerprint density at radius 3 is 2.55 bits per heavy atom. The van der Waals surface area contributed by atoms with Gasteiger partial charge in [0.2, 0.25) is 5.91 Å². The van der Waals surface area contributed by atoms with Crippen LogP contribution in [0, 0.1) is 5.92 Å². The molecule has 6 heteroatoms. The first-order chi connectivity index (χ1) is 9.60. The second-order valence-electron chi connectivity index (χ2n) is 5.77. The van der Waals surface area contributed by atoms with Crippen LogP contribution in [-0.4, -0.2) is 74.1 Å². The summed E-state index contributed by atoms with van der Waals surface area (Å²) in [5.74, 6) is -0.00120. The number of piperidine rings is 1. The number of piperazine rings is 1. The van der Waals surface area contributed by atoms with Gasteiger partial charge < -0.3 is 15.0 Å². The van der Waals surface area contributed by atoms with Crippen LogP contribution in [0.15, 0.2) is 0 Å². The van der Waals surface area contributed by atoms with Crippen molar-refractivity contribution in [3.8, 4) is 0 Å². The van der Waals surface area contributed by atoms with Crippen LogP contribution in [-0.2, 0) is 14.3 Å². The van der Waals surface area contributed by atoms with E-state index in [-0.39, 0.29) is 17.8 Å². The van der Waals surface area contributed by atoms with Crippen molar-refractivity contribution in [2.24, 2.45) is 5.92 Å². The van der Waals surface area contributed by atoms with Gasteiger partial charge in [-0.15, -0.1) is 0 Å². The van der Waals surface area contributed by atoms with Gasteiger partial charge in [0, 0.05) is 38.8 Å². The summed E-state index contributed by atoms with van der Waals surface area (Å²) < 4.78 is 4.76. The van der Waals surface area contributed by atoms with Crippen LogP contribution in [0.3, 0.4) is 0 Å². The van der Waals surface area contributed by atoms with E-state index in [0.29, 0.717) is 25.7 Å². The number of nitrogens with zero attached hydrogens (tertiary/aromatic N) is 2. The summed E-state index contributed by atoms with van der Waals surface area (Å²) in [6.07, 6.45) is 1.44. The number of hydrogen-bond acceptors (Lipinski definition) is 5. The topological polar surface area (TPSA) is 61.9 Å². The lowest BCUT2D eigenvalue weighted by Crippen LogP contribution is -2.53. The highest BCUT2D eigenvalue weighted by atomic mass is 16.5. The summed E-state index contributed by atoms with van der Waals surface area (Å²) in [7, 11) is 1.42. The number of carbonyl (C=O) groups is 2. The van der Waals surface area contributed by atoms with Gasteiger partial charge in [-0.1, -0.05) is 0 Å². The Morgan fingerprint density at radius 1 is 1.25 bits per heavy atom. The molecule has 20 heavy (non-hydrogen) atoms. The van der Waals surface area contributed by atoms with E-state index in [2.05, 4.69) is 17.1 Å². The lowest BCUT2D eigenvalue weighted by Gasteiger charge is -2.35. The van der Waals surface area contributed by atoms with Gasteiger partial charge in [0.25, 0.3) is 0 Å². The summed E-state index contributed by atoms with van der Waals surface area (Å²) in [5.41, 5.74) is 0. The Kier molecular flexibility index (Phi) is 5.37. The molecule has 0 aromatic rings. The van der Waals surface area contributed by atoms with Crippen molar-refractivity contribution < 1.29 is 14.3 Å². The maximum absolute atomic E-state index is 12.3. The molecule has 2 fully saturated rings. The first-order valence-electron chi connectivity index (χ1n) is 7.41. The molecular weight excluding hydrogens is 258 g/mol. The number of ether oxygens (including phenoxy) is 1. The summed E-state index contributed by atoms with van der Waals surface area (Å²) in [6.45, 7) is 6.76. The first kappa shape index (κ1) is 15.3. The molecule has 2 saturated heterocycles. The van der Waals surface area contributed by atoms with E-state index in [1.54, 1.807) is 0 Å². The Hall–Kier alpha value is -1.14. The van der Waals surface area contributed by atoms with Gasteiger partial charge in [0.05, 0.1) is 19.6 Å². The molecule has 6 nitrogen and oxygen atoms in total. The zero-order valence-electron chi connectivity index (χ0n) is 12.4. The molecule has 1 amide bonds. The summed E-state index contributed by atoms with van der Waals surface area (Å²) >= 11 is 0. The number of rotatable bonds is 3. The van der Waals surface area contributed by atoms with Crippen LogP contribution in [0.5, 0.6) is 0 Å². The number of nitrogens with one attached hydrogen (secondary N) is 1. The quantitative estimate of drug-likeness (QED) is 0.720. The largest absolute Gasteiger partial charge is 0.469 e. The van der Waals surface area contributed by atoms with Gasteiger partial charge in [0.1, 0.15) is 0 Å². The second-order valence-corrected chi connectivity index (χ2v) is 5.77. The number of methoxy groups -OCH3 is 1. The highest BCUT2D eigenvalue weighted by Crippen LogP contribution is 2.18. The zero-order valence-corrected chi connectivity index (χ0v) is 12.4. The molecule has 1 unspecified atom stereocenters. The summed E-state index contributed by atoms with van der Waals surface area (Å²) in [5, 5.41) is 3.37. The third-order valence-electron chi connectivity index (χ3n) is 4.19. The van der Waals surface area contributed by atoms with Gasteiger partial charge in [-0.25, -0.2) is 0 Å². The van der Waals surface area contributed by atoms with E-state index < -0.39 is 0 Å². The smallest absolute Gasteiger partial charge is 0.308 e. The molecule has 2 rings (SSSR count). The molecule has 1 N–H and O–H groups in total. The predicted molar refractivity (Wildman–Crippen MR) is 75.2 cm³/mol. The fraction of sp³-hybridized carbons (Fsp3) is 0.857. The standard InChI is InChI=1S/C14H25N3O3/c1-11-9-16(8-5-15-11)10-13(18)17-6-3-12(4-7-17)14(19)20-2/h11-12,15H,3-10H2,1-2H3. The van der Waals surface area contributed by atoms with Crippen LogP contribution in [0.4, 0.5) is 0 Å². The van der Waals surface area contributed by atoms with Crippen molar-refractivity contribution in [1.29, 1.82) is 0 Å². The number of likely N-dealkylation sites (tertiary alicyclic amines) is 1.